The molecule has 6 heteroatoms. The molecule has 0 saturated heterocycles. The second kappa shape index (κ2) is 5.48. The lowest BCUT2D eigenvalue weighted by Crippen LogP contribution is -2.00. The van der Waals surface area contributed by atoms with Crippen molar-refractivity contribution in [2.75, 3.05) is 5.32 Å². The highest BCUT2D eigenvalue weighted by molar-refractivity contribution is 5.54. The van der Waals surface area contributed by atoms with Crippen LogP contribution < -0.4 is 5.32 Å². The molecule has 2 aromatic rings. The first-order valence-electron chi connectivity index (χ1n) is 5.97. The fourth-order valence-electron chi connectivity index (χ4n) is 1.85. The van der Waals surface area contributed by atoms with Crippen molar-refractivity contribution < 1.29 is 15.1 Å². The van der Waals surface area contributed by atoms with Crippen molar-refractivity contribution >= 4 is 11.4 Å². The van der Waals surface area contributed by atoms with Gasteiger partial charge in [0, 0.05) is 23.9 Å². The van der Waals surface area contributed by atoms with Crippen LogP contribution in [-0.4, -0.2) is 15.1 Å². The normalized spacial score (nSPS) is 10.2. The Morgan fingerprint density at radius 3 is 2.50 bits per heavy atom. The second-order valence-corrected chi connectivity index (χ2v) is 4.43. The van der Waals surface area contributed by atoms with Crippen LogP contribution >= 0.6 is 0 Å². The second-order valence-electron chi connectivity index (χ2n) is 4.43. The number of nitro benzene ring substituents is 1. The summed E-state index contributed by atoms with van der Waals surface area (Å²) in [6.45, 7) is 2.11. The third kappa shape index (κ3) is 2.97. The summed E-state index contributed by atoms with van der Waals surface area (Å²) in [7, 11) is 0. The van der Waals surface area contributed by atoms with Crippen molar-refractivity contribution in [3.05, 3.63) is 57.6 Å². The lowest BCUT2D eigenvalue weighted by Gasteiger charge is -2.08. The molecule has 20 heavy (non-hydrogen) atoms. The Morgan fingerprint density at radius 1 is 1.15 bits per heavy atom. The predicted molar refractivity (Wildman–Crippen MR) is 74.9 cm³/mol. The van der Waals surface area contributed by atoms with Crippen LogP contribution in [0.1, 0.15) is 11.1 Å². The van der Waals surface area contributed by atoms with Gasteiger partial charge in [0.25, 0.3) is 5.69 Å². The van der Waals surface area contributed by atoms with Gasteiger partial charge >= 0.3 is 0 Å². The highest BCUT2D eigenvalue weighted by atomic mass is 16.6. The molecule has 0 amide bonds. The van der Waals surface area contributed by atoms with E-state index in [9.17, 15) is 20.3 Å². The van der Waals surface area contributed by atoms with E-state index in [0.29, 0.717) is 12.1 Å². The van der Waals surface area contributed by atoms with Crippen molar-refractivity contribution in [3.63, 3.8) is 0 Å². The maximum absolute atomic E-state index is 10.7. The molecule has 104 valence electrons. The molecule has 0 aliphatic carbocycles. The minimum absolute atomic E-state index is 0.0813. The maximum Gasteiger partial charge on any atom is 0.272 e. The fourth-order valence-corrected chi connectivity index (χ4v) is 1.85. The summed E-state index contributed by atoms with van der Waals surface area (Å²) < 4.78 is 0. The number of rotatable bonds is 4. The minimum Gasteiger partial charge on any atom is -0.504 e. The van der Waals surface area contributed by atoms with Crippen LogP contribution in [0.4, 0.5) is 11.4 Å². The Labute approximate surface area is 115 Å². The molecule has 2 aromatic carbocycles. The number of aromatic hydroxyl groups is 2. The molecule has 6 nitrogen and oxygen atoms in total. The van der Waals surface area contributed by atoms with E-state index in [0.717, 1.165) is 11.3 Å². The summed E-state index contributed by atoms with van der Waals surface area (Å²) in [6, 6.07) is 9.32. The van der Waals surface area contributed by atoms with Gasteiger partial charge in [-0.05, 0) is 36.8 Å². The SMILES string of the molecule is Cc1cc(NCc2ccc(O)c(O)c2)ccc1[N+](=O)[O-]. The zero-order valence-corrected chi connectivity index (χ0v) is 10.8. The van der Waals surface area contributed by atoms with Gasteiger partial charge in [0.1, 0.15) is 0 Å². The smallest absolute Gasteiger partial charge is 0.272 e. The molecule has 0 aliphatic heterocycles. The van der Waals surface area contributed by atoms with Crippen LogP contribution in [0.5, 0.6) is 11.5 Å². The van der Waals surface area contributed by atoms with Crippen LogP contribution in [0, 0.1) is 17.0 Å². The number of hydrogen-bond donors (Lipinski definition) is 3. The highest BCUT2D eigenvalue weighted by Crippen LogP contribution is 2.26. The van der Waals surface area contributed by atoms with E-state index in [2.05, 4.69) is 5.32 Å². The molecule has 0 radical (unpaired) electrons. The number of phenolic OH excluding ortho intramolecular Hbond substituents is 2. The summed E-state index contributed by atoms with van der Waals surface area (Å²) in [5, 5.41) is 32.4. The lowest BCUT2D eigenvalue weighted by molar-refractivity contribution is -0.385. The standard InChI is InChI=1S/C14H14N2O4/c1-9-6-11(3-4-12(9)16(19)20)15-8-10-2-5-13(17)14(18)7-10/h2-7,15,17-18H,8H2,1H3. The number of nitrogens with one attached hydrogen (secondary N) is 1. The van der Waals surface area contributed by atoms with Gasteiger partial charge in [-0.25, -0.2) is 0 Å². The molecule has 0 unspecified atom stereocenters. The lowest BCUT2D eigenvalue weighted by atomic mass is 10.1. The third-order valence-electron chi connectivity index (χ3n) is 2.93. The average molecular weight is 274 g/mol. The van der Waals surface area contributed by atoms with Crippen molar-refractivity contribution in [1.82, 2.24) is 0 Å². The van der Waals surface area contributed by atoms with Gasteiger partial charge < -0.3 is 15.5 Å². The number of aryl methyl sites for hydroxylation is 1. The van der Waals surface area contributed by atoms with E-state index >= 15 is 0 Å². The van der Waals surface area contributed by atoms with Crippen LogP contribution in [0.2, 0.25) is 0 Å². The average Bonchev–Trinajstić information content (AvgIpc) is 2.40. The van der Waals surface area contributed by atoms with Gasteiger partial charge in [0.05, 0.1) is 4.92 Å². The zero-order valence-electron chi connectivity index (χ0n) is 10.8. The van der Waals surface area contributed by atoms with Crippen molar-refractivity contribution in [1.29, 1.82) is 0 Å². The third-order valence-corrected chi connectivity index (χ3v) is 2.93. The van der Waals surface area contributed by atoms with E-state index in [1.165, 1.54) is 18.2 Å². The van der Waals surface area contributed by atoms with Gasteiger partial charge in [-0.2, -0.15) is 0 Å². The highest BCUT2D eigenvalue weighted by Gasteiger charge is 2.10. The molecule has 0 spiro atoms. The number of nitro groups is 1. The molecule has 0 bridgehead atoms. The molecule has 0 aliphatic rings. The summed E-state index contributed by atoms with van der Waals surface area (Å²) in [6.07, 6.45) is 0. The Balaban J connectivity index is 2.09. The Morgan fingerprint density at radius 2 is 1.90 bits per heavy atom. The number of benzene rings is 2. The van der Waals surface area contributed by atoms with Crippen LogP contribution in [0.25, 0.3) is 0 Å². The topological polar surface area (TPSA) is 95.6 Å². The summed E-state index contributed by atoms with van der Waals surface area (Å²) in [5.74, 6) is -0.343. The Bertz CT molecular complexity index is 656. The summed E-state index contributed by atoms with van der Waals surface area (Å²) in [4.78, 5) is 10.3. The van der Waals surface area contributed by atoms with Gasteiger partial charge in [0.2, 0.25) is 0 Å². The summed E-state index contributed by atoms with van der Waals surface area (Å²) in [5.41, 5.74) is 2.20. The molecule has 0 heterocycles. The molecule has 0 aromatic heterocycles. The Kier molecular flexibility index (Phi) is 3.74. The van der Waals surface area contributed by atoms with E-state index in [1.54, 1.807) is 25.1 Å². The maximum atomic E-state index is 10.7. The number of anilines is 1. The summed E-state index contributed by atoms with van der Waals surface area (Å²) >= 11 is 0. The van der Waals surface area contributed by atoms with Gasteiger partial charge in [-0.15, -0.1) is 0 Å². The molecular weight excluding hydrogens is 260 g/mol. The van der Waals surface area contributed by atoms with Crippen molar-refractivity contribution in [3.8, 4) is 11.5 Å². The van der Waals surface area contributed by atoms with E-state index < -0.39 is 4.92 Å². The van der Waals surface area contributed by atoms with E-state index in [1.807, 2.05) is 0 Å². The van der Waals surface area contributed by atoms with Gasteiger partial charge in [-0.3, -0.25) is 10.1 Å². The zero-order chi connectivity index (χ0) is 14.7. The van der Waals surface area contributed by atoms with Crippen LogP contribution in [0.3, 0.4) is 0 Å². The molecule has 0 saturated carbocycles. The van der Waals surface area contributed by atoms with Gasteiger partial charge in [-0.1, -0.05) is 6.07 Å². The van der Waals surface area contributed by atoms with Crippen LogP contribution in [0.15, 0.2) is 36.4 Å². The predicted octanol–water partition coefficient (Wildman–Crippen LogP) is 2.93. The van der Waals surface area contributed by atoms with Gasteiger partial charge in [0.15, 0.2) is 11.5 Å². The van der Waals surface area contributed by atoms with Crippen LogP contribution in [-0.2, 0) is 6.54 Å². The molecule has 0 fully saturated rings. The fraction of sp³-hybridized carbons (Fsp3) is 0.143. The van der Waals surface area contributed by atoms with Crippen molar-refractivity contribution in [2.24, 2.45) is 0 Å². The number of nitrogens with zero attached hydrogens (tertiary/aromatic N) is 1. The number of phenols is 2. The monoisotopic (exact) mass is 274 g/mol. The Hall–Kier alpha value is -2.76. The van der Waals surface area contributed by atoms with E-state index in [-0.39, 0.29) is 17.2 Å². The molecular formula is C14H14N2O4. The first-order valence-corrected chi connectivity index (χ1v) is 5.97. The van der Waals surface area contributed by atoms with Crippen molar-refractivity contribution in [2.45, 2.75) is 13.5 Å². The molecule has 2 rings (SSSR count). The van der Waals surface area contributed by atoms with E-state index in [4.69, 9.17) is 0 Å². The first kappa shape index (κ1) is 13.7. The number of hydrogen-bond acceptors (Lipinski definition) is 5. The quantitative estimate of drug-likeness (QED) is 0.452. The largest absolute Gasteiger partial charge is 0.504 e. The molecule has 0 atom stereocenters. The molecule has 3 N–H and O–H groups in total. The first-order chi connectivity index (χ1) is 9.47. The minimum atomic E-state index is -0.420.